The number of aliphatic hydroxyl groups is 1. The van der Waals surface area contributed by atoms with Crippen molar-refractivity contribution in [2.75, 3.05) is 46.4 Å². The number of benzene rings is 2. The molecule has 15 heteroatoms. The molecule has 0 spiro atoms. The van der Waals surface area contributed by atoms with Crippen molar-refractivity contribution >= 4 is 40.1 Å². The second-order valence-corrected chi connectivity index (χ2v) is 14.4. The molecule has 2 aromatic carbocycles. The van der Waals surface area contributed by atoms with E-state index in [1.807, 2.05) is 60.7 Å². The number of halogens is 2. The minimum atomic E-state index is -1.00. The second kappa shape index (κ2) is 27.1. The summed E-state index contributed by atoms with van der Waals surface area (Å²) in [6.45, 7) is 11.1. The van der Waals surface area contributed by atoms with Crippen LogP contribution in [0, 0.1) is 23.7 Å². The first-order chi connectivity index (χ1) is 26.4. The molecule has 0 radical (unpaired) electrons. The van der Waals surface area contributed by atoms with Crippen LogP contribution in [0.1, 0.15) is 68.3 Å². The van der Waals surface area contributed by atoms with Gasteiger partial charge in [0.25, 0.3) is 0 Å². The number of hydrogen-bond acceptors (Lipinski definition) is 10. The fourth-order valence-electron chi connectivity index (χ4n) is 4.97. The third-order valence-corrected chi connectivity index (χ3v) is 7.50. The van der Waals surface area contributed by atoms with E-state index in [9.17, 15) is 28.7 Å². The Hall–Kier alpha value is -3.63. The maximum atomic E-state index is 12.4. The molecule has 0 bridgehead atoms. The Kier molecular flexibility index (Phi) is 24.4. The van der Waals surface area contributed by atoms with E-state index in [2.05, 4.69) is 44.3 Å². The van der Waals surface area contributed by atoms with E-state index in [-0.39, 0.29) is 63.2 Å². The van der Waals surface area contributed by atoms with E-state index in [4.69, 9.17) is 20.3 Å². The summed E-state index contributed by atoms with van der Waals surface area (Å²) in [5.41, 5.74) is 0.704. The van der Waals surface area contributed by atoms with Crippen molar-refractivity contribution in [3.63, 3.8) is 0 Å². The smallest absolute Gasteiger partial charge is 1.00 e. The Morgan fingerprint density at radius 3 is 1.62 bits per heavy atom. The number of aliphatic hydroxyl groups excluding tert-OH is 1. The van der Waals surface area contributed by atoms with Crippen LogP contribution in [0.15, 0.2) is 60.7 Å². The molecule has 12 nitrogen and oxygen atoms in total. The topological polar surface area (TPSA) is 141 Å². The molecule has 2 amide bonds. The van der Waals surface area contributed by atoms with Crippen molar-refractivity contribution in [2.24, 2.45) is 0 Å². The van der Waals surface area contributed by atoms with E-state index in [1.165, 1.54) is 24.0 Å². The van der Waals surface area contributed by atoms with Crippen LogP contribution in [-0.4, -0.2) is 121 Å². The van der Waals surface area contributed by atoms with E-state index >= 15 is 0 Å². The Labute approximate surface area is 364 Å². The summed E-state index contributed by atoms with van der Waals surface area (Å²) in [5.74, 6) is 10.9. The fourth-order valence-corrected chi connectivity index (χ4v) is 5.11. The van der Waals surface area contributed by atoms with Crippen molar-refractivity contribution in [1.29, 1.82) is 0 Å². The molecule has 2 aliphatic rings. The molecule has 2 aliphatic heterocycles. The summed E-state index contributed by atoms with van der Waals surface area (Å²) < 4.78 is 41.2. The van der Waals surface area contributed by atoms with Crippen LogP contribution in [0.25, 0.3) is 0 Å². The van der Waals surface area contributed by atoms with Crippen LogP contribution in [0.3, 0.4) is 0 Å². The number of alkyl halides is 2. The fraction of sp³-hybridized carbons (Fsp3) is 0.512. The van der Waals surface area contributed by atoms with Gasteiger partial charge in [0, 0.05) is 24.0 Å². The molecule has 0 aliphatic carbocycles. The minimum Gasteiger partial charge on any atom is -1.00 e. The zero-order valence-corrected chi connectivity index (χ0v) is 37.4. The van der Waals surface area contributed by atoms with Gasteiger partial charge in [-0.3, -0.25) is 14.2 Å². The summed E-state index contributed by atoms with van der Waals surface area (Å²) in [6, 6.07) is 18.1. The standard InChI is InChI=1S/C20H25NO5.C11H19NO5.C9H7Br.CH3F.Na.H/c1-20(2,3)26-19(23)21-14-16(13-17(21)18(22)24-4)25-12-8-11-15-9-6-5-7-10-15;1-11(2,3)17-10(15)12-6-7(13)5-8(12)9(14)16-4;10-8-4-7-9-5-2-1-3-6-9;1-2;;/h5-7,9-10,16-17H,12-14H2,1-4H3;7-8,13H,5-6H2,1-4H3;1-3,5-6H,8H2;1H3;;/q;;;;+1;-1/t16-,17-;7-,8-;;;;/m00..../s1/i;;;1D;;. The van der Waals surface area contributed by atoms with Gasteiger partial charge in [-0.2, -0.15) is 0 Å². The van der Waals surface area contributed by atoms with Crippen LogP contribution in [0.2, 0.25) is 0 Å². The molecule has 4 rings (SSSR count). The predicted octanol–water partition coefficient (Wildman–Crippen LogP) is 3.27. The number of carbonyl (C=O) groups is 4. The minimum absolute atomic E-state index is 0. The third-order valence-electron chi connectivity index (χ3n) is 7.22. The van der Waals surface area contributed by atoms with Crippen LogP contribution >= 0.6 is 15.9 Å². The molecule has 1 N–H and O–H groups in total. The van der Waals surface area contributed by atoms with Gasteiger partial charge in [-0.25, -0.2) is 19.2 Å². The SMILES string of the molecule is BrCC#Cc1ccccc1.COC(=O)[C@@H]1C[C@H](O)CN1C(=O)OC(C)(C)C.COC(=O)[C@@H]1C[C@H](OCC#Cc2ccccc2)CN1C(=O)OC(C)(C)C.[2H]CF.[H-].[Na+]. The van der Waals surface area contributed by atoms with Crippen molar-refractivity contribution in [2.45, 2.75) is 89.9 Å². The first-order valence-electron chi connectivity index (χ1n) is 18.0. The Balaban J connectivity index is 0. The summed E-state index contributed by atoms with van der Waals surface area (Å²) in [6.07, 6.45) is -1.62. The summed E-state index contributed by atoms with van der Waals surface area (Å²) >= 11 is 3.23. The maximum Gasteiger partial charge on any atom is 1.00 e. The number of ether oxygens (including phenoxy) is 5. The first-order valence-corrected chi connectivity index (χ1v) is 18.4. The van der Waals surface area contributed by atoms with Gasteiger partial charge in [0.05, 0.1) is 53.4 Å². The number of esters is 2. The van der Waals surface area contributed by atoms with Crippen LogP contribution in [0.5, 0.6) is 0 Å². The molecule has 2 fully saturated rings. The van der Waals surface area contributed by atoms with E-state index in [1.54, 1.807) is 41.5 Å². The van der Waals surface area contributed by atoms with Gasteiger partial charge in [-0.05, 0) is 65.8 Å². The molecule has 0 aromatic heterocycles. The van der Waals surface area contributed by atoms with Gasteiger partial charge in [-0.15, -0.1) is 0 Å². The number of carbonyl (C=O) groups excluding carboxylic acids is 4. The van der Waals surface area contributed by atoms with Gasteiger partial charge in [0.15, 0.2) is 0 Å². The molecule has 2 heterocycles. The van der Waals surface area contributed by atoms with Crippen LogP contribution < -0.4 is 29.6 Å². The number of amides is 2. The third kappa shape index (κ3) is 20.5. The normalized spacial score (nSPS) is 18.3. The Bertz CT molecular complexity index is 1640. The number of β-amino-alcohol motifs (C(OH)–C–C–N with tert-alkyl or cyclic N) is 1. The van der Waals surface area contributed by atoms with Crippen molar-refractivity contribution in [3.05, 3.63) is 71.8 Å². The zero-order chi connectivity index (χ0) is 42.3. The van der Waals surface area contributed by atoms with Crippen molar-refractivity contribution in [1.82, 2.24) is 9.80 Å². The largest absolute Gasteiger partial charge is 1.00 e. The number of nitrogens with zero attached hydrogens (tertiary/aromatic N) is 2. The molecule has 0 unspecified atom stereocenters. The van der Waals surface area contributed by atoms with Crippen molar-refractivity contribution < 1.29 is 84.7 Å². The molecule has 304 valence electrons. The molecule has 2 aromatic rings. The van der Waals surface area contributed by atoms with Gasteiger partial charge in [0.1, 0.15) is 29.9 Å². The summed E-state index contributed by atoms with van der Waals surface area (Å²) in [4.78, 5) is 50.2. The summed E-state index contributed by atoms with van der Waals surface area (Å²) in [5, 5.41) is 10.2. The zero-order valence-electron chi connectivity index (χ0n) is 35.8. The van der Waals surface area contributed by atoms with Crippen LogP contribution in [0.4, 0.5) is 14.0 Å². The number of methoxy groups -OCH3 is 2. The van der Waals surface area contributed by atoms with E-state index < -0.39 is 60.7 Å². The monoisotopic (exact) mass is 857 g/mol. The van der Waals surface area contributed by atoms with Gasteiger partial charge >= 0.3 is 53.7 Å². The summed E-state index contributed by atoms with van der Waals surface area (Å²) in [7, 11) is 1.55. The van der Waals surface area contributed by atoms with Crippen LogP contribution in [-0.2, 0) is 33.3 Å². The number of hydrogen-bond donors (Lipinski definition) is 1. The van der Waals surface area contributed by atoms with E-state index in [0.717, 1.165) is 16.5 Å². The van der Waals surface area contributed by atoms with E-state index in [0.29, 0.717) is 6.42 Å². The second-order valence-electron chi connectivity index (χ2n) is 13.9. The quantitative estimate of drug-likeness (QED) is 0.160. The van der Waals surface area contributed by atoms with Gasteiger partial charge in [0.2, 0.25) is 0 Å². The maximum absolute atomic E-state index is 12.4. The molecule has 4 atom stereocenters. The average Bonchev–Trinajstić information content (AvgIpc) is 3.76. The molecular weight excluding hydrogens is 802 g/mol. The first kappa shape index (κ1) is 50.4. The van der Waals surface area contributed by atoms with Gasteiger partial charge < -0.3 is 30.2 Å². The number of rotatable bonds is 4. The molecule has 2 saturated heterocycles. The molecular formula is C41H55BrFN2NaO10. The molecule has 56 heavy (non-hydrogen) atoms. The predicted molar refractivity (Wildman–Crippen MR) is 211 cm³/mol. The van der Waals surface area contributed by atoms with Crippen molar-refractivity contribution in [3.8, 4) is 23.7 Å². The Morgan fingerprint density at radius 1 is 0.804 bits per heavy atom. The number of likely N-dealkylation sites (tertiary alicyclic amines) is 2. The molecule has 0 saturated carbocycles. The van der Waals surface area contributed by atoms with Gasteiger partial charge in [-0.1, -0.05) is 76.0 Å². The average molecular weight is 859 g/mol. The Morgan fingerprint density at radius 2 is 1.21 bits per heavy atom.